The van der Waals surface area contributed by atoms with E-state index in [4.69, 9.17) is 0 Å². The number of hydrogen-bond donors (Lipinski definition) is 1. The summed E-state index contributed by atoms with van der Waals surface area (Å²) in [5.74, 6) is 2.34. The van der Waals surface area contributed by atoms with Crippen LogP contribution in [0.4, 0.5) is 11.6 Å². The highest BCUT2D eigenvalue weighted by molar-refractivity contribution is 5.75. The fourth-order valence-electron chi connectivity index (χ4n) is 3.06. The van der Waals surface area contributed by atoms with Gasteiger partial charge in [0.1, 0.15) is 18.0 Å². The number of nitrogens with one attached hydrogen (secondary N) is 1. The highest BCUT2D eigenvalue weighted by atomic mass is 15.4. The van der Waals surface area contributed by atoms with Gasteiger partial charge in [0, 0.05) is 25.6 Å². The lowest BCUT2D eigenvalue weighted by atomic mass is 10.0. The van der Waals surface area contributed by atoms with E-state index in [0.29, 0.717) is 5.92 Å². The van der Waals surface area contributed by atoms with E-state index >= 15 is 0 Å². The highest BCUT2D eigenvalue weighted by Crippen LogP contribution is 2.23. The zero-order valence-corrected chi connectivity index (χ0v) is 13.4. The summed E-state index contributed by atoms with van der Waals surface area (Å²) in [6, 6.07) is 11.8. The Balaban J connectivity index is 1.20. The molecular formula is C17H16N8. The average molecular weight is 332 g/mol. The molecule has 1 N–H and O–H groups in total. The Morgan fingerprint density at radius 1 is 1.08 bits per heavy atom. The number of fused-ring (bicyclic) bond motifs is 2. The van der Waals surface area contributed by atoms with Gasteiger partial charge in [0.2, 0.25) is 0 Å². The summed E-state index contributed by atoms with van der Waals surface area (Å²) in [5.41, 5.74) is 2.59. The quantitative estimate of drug-likeness (QED) is 0.608. The van der Waals surface area contributed by atoms with Gasteiger partial charge in [-0.05, 0) is 24.3 Å². The fourth-order valence-corrected chi connectivity index (χ4v) is 3.06. The fraction of sp³-hybridized carbons (Fsp3) is 0.235. The van der Waals surface area contributed by atoms with Crippen LogP contribution in [0, 0.1) is 5.92 Å². The molecule has 25 heavy (non-hydrogen) atoms. The van der Waals surface area contributed by atoms with E-state index in [1.807, 2.05) is 36.4 Å². The minimum atomic E-state index is 0.562. The second-order valence-electron chi connectivity index (χ2n) is 6.22. The summed E-state index contributed by atoms with van der Waals surface area (Å²) >= 11 is 0. The molecule has 1 aliphatic rings. The Hall–Kier alpha value is -3.29. The lowest BCUT2D eigenvalue weighted by Gasteiger charge is -2.40. The van der Waals surface area contributed by atoms with Crippen molar-refractivity contribution in [3.63, 3.8) is 0 Å². The number of hydrogen-bond acceptors (Lipinski definition) is 7. The van der Waals surface area contributed by atoms with Crippen LogP contribution in [0.15, 0.2) is 48.9 Å². The van der Waals surface area contributed by atoms with Crippen molar-refractivity contribution in [2.75, 3.05) is 29.9 Å². The first-order chi connectivity index (χ1) is 12.3. The van der Waals surface area contributed by atoms with Crippen molar-refractivity contribution in [1.82, 2.24) is 29.8 Å². The van der Waals surface area contributed by atoms with Crippen LogP contribution in [0.1, 0.15) is 0 Å². The maximum atomic E-state index is 4.59. The number of nitrogens with zero attached hydrogens (tertiary/aromatic N) is 7. The molecule has 8 heteroatoms. The third kappa shape index (κ3) is 2.61. The van der Waals surface area contributed by atoms with E-state index in [2.05, 4.69) is 35.5 Å². The molecule has 0 radical (unpaired) electrons. The standard InChI is InChI=1S/C17H16N8/c1-2-4-14-13(3-1)18-8-15(21-14)19-7-12-9-24(10-12)17-6-5-16-22-20-11-25(16)23-17/h1-6,8,11-12H,7,9-10H2,(H,19,21). The molecule has 5 rings (SSSR count). The van der Waals surface area contributed by atoms with E-state index in [9.17, 15) is 0 Å². The summed E-state index contributed by atoms with van der Waals surface area (Å²) in [6.45, 7) is 2.81. The van der Waals surface area contributed by atoms with Gasteiger partial charge in [0.25, 0.3) is 0 Å². The molecule has 3 aromatic heterocycles. The molecule has 0 atom stereocenters. The van der Waals surface area contributed by atoms with Gasteiger partial charge in [0.05, 0.1) is 17.2 Å². The molecule has 1 aromatic carbocycles. The van der Waals surface area contributed by atoms with Gasteiger partial charge in [-0.1, -0.05) is 12.1 Å². The van der Waals surface area contributed by atoms with Crippen LogP contribution in [0.3, 0.4) is 0 Å². The molecule has 1 fully saturated rings. The monoisotopic (exact) mass is 332 g/mol. The van der Waals surface area contributed by atoms with Crippen LogP contribution in [0.5, 0.6) is 0 Å². The largest absolute Gasteiger partial charge is 0.368 e. The molecule has 124 valence electrons. The Bertz CT molecular complexity index is 1040. The number of rotatable bonds is 4. The Morgan fingerprint density at radius 2 is 1.96 bits per heavy atom. The van der Waals surface area contributed by atoms with Gasteiger partial charge in [-0.2, -0.15) is 4.52 Å². The van der Waals surface area contributed by atoms with Crippen molar-refractivity contribution in [2.45, 2.75) is 0 Å². The van der Waals surface area contributed by atoms with E-state index in [0.717, 1.165) is 48.0 Å². The zero-order valence-electron chi connectivity index (χ0n) is 13.4. The second-order valence-corrected chi connectivity index (χ2v) is 6.22. The predicted octanol–water partition coefficient (Wildman–Crippen LogP) is 1.62. The van der Waals surface area contributed by atoms with Crippen LogP contribution in [-0.4, -0.2) is 49.4 Å². The van der Waals surface area contributed by atoms with Crippen molar-refractivity contribution >= 4 is 28.3 Å². The molecule has 4 heterocycles. The van der Waals surface area contributed by atoms with Gasteiger partial charge < -0.3 is 10.2 Å². The highest BCUT2D eigenvalue weighted by Gasteiger charge is 2.28. The van der Waals surface area contributed by atoms with Gasteiger partial charge in [-0.25, -0.2) is 4.98 Å². The molecule has 0 bridgehead atoms. The summed E-state index contributed by atoms with van der Waals surface area (Å²) in [5, 5.41) is 15.7. The first-order valence-electron chi connectivity index (χ1n) is 8.23. The number of aromatic nitrogens is 6. The lowest BCUT2D eigenvalue weighted by Crippen LogP contribution is -2.50. The van der Waals surface area contributed by atoms with Gasteiger partial charge in [0.15, 0.2) is 5.65 Å². The van der Waals surface area contributed by atoms with E-state index in [-0.39, 0.29) is 0 Å². The third-order valence-corrected chi connectivity index (χ3v) is 4.45. The van der Waals surface area contributed by atoms with Crippen LogP contribution in [0.25, 0.3) is 16.7 Å². The molecule has 1 saturated heterocycles. The van der Waals surface area contributed by atoms with Crippen LogP contribution in [0.2, 0.25) is 0 Å². The van der Waals surface area contributed by atoms with Gasteiger partial charge >= 0.3 is 0 Å². The smallest absolute Gasteiger partial charge is 0.177 e. The number of anilines is 2. The summed E-state index contributed by atoms with van der Waals surface area (Å²) in [4.78, 5) is 11.3. The predicted molar refractivity (Wildman–Crippen MR) is 94.5 cm³/mol. The van der Waals surface area contributed by atoms with E-state index in [1.165, 1.54) is 0 Å². The maximum Gasteiger partial charge on any atom is 0.177 e. The average Bonchev–Trinajstić information content (AvgIpc) is 3.08. The maximum absolute atomic E-state index is 4.59. The molecule has 0 saturated carbocycles. The number of para-hydroxylation sites is 2. The summed E-state index contributed by atoms with van der Waals surface area (Å²) in [7, 11) is 0. The van der Waals surface area contributed by atoms with Crippen molar-refractivity contribution in [3.8, 4) is 0 Å². The number of benzene rings is 1. The molecule has 8 nitrogen and oxygen atoms in total. The topological polar surface area (TPSA) is 84.1 Å². The molecule has 0 amide bonds. The van der Waals surface area contributed by atoms with Crippen molar-refractivity contribution in [2.24, 2.45) is 5.92 Å². The first-order valence-corrected chi connectivity index (χ1v) is 8.23. The van der Waals surface area contributed by atoms with E-state index < -0.39 is 0 Å². The zero-order chi connectivity index (χ0) is 16.6. The Labute approximate surface area is 143 Å². The van der Waals surface area contributed by atoms with Crippen LogP contribution < -0.4 is 10.2 Å². The van der Waals surface area contributed by atoms with Crippen LogP contribution in [-0.2, 0) is 0 Å². The van der Waals surface area contributed by atoms with Gasteiger partial charge in [-0.3, -0.25) is 4.98 Å². The Morgan fingerprint density at radius 3 is 2.88 bits per heavy atom. The molecule has 0 spiro atoms. The van der Waals surface area contributed by atoms with Crippen LogP contribution >= 0.6 is 0 Å². The van der Waals surface area contributed by atoms with Gasteiger partial charge in [-0.15, -0.1) is 15.3 Å². The molecular weight excluding hydrogens is 316 g/mol. The minimum absolute atomic E-state index is 0.562. The lowest BCUT2D eigenvalue weighted by molar-refractivity contribution is 0.424. The van der Waals surface area contributed by atoms with Crippen molar-refractivity contribution in [3.05, 3.63) is 48.9 Å². The summed E-state index contributed by atoms with van der Waals surface area (Å²) < 4.78 is 1.70. The second kappa shape index (κ2) is 5.66. The minimum Gasteiger partial charge on any atom is -0.368 e. The normalized spacial score (nSPS) is 14.8. The third-order valence-electron chi connectivity index (χ3n) is 4.45. The SMILES string of the molecule is c1ccc2nc(NCC3CN(c4ccc5nncn5n4)C3)cnc2c1. The molecule has 1 aliphatic heterocycles. The van der Waals surface area contributed by atoms with Crippen molar-refractivity contribution in [1.29, 1.82) is 0 Å². The molecule has 0 unspecified atom stereocenters. The van der Waals surface area contributed by atoms with Crippen molar-refractivity contribution < 1.29 is 0 Å². The first kappa shape index (κ1) is 14.1. The Kier molecular flexibility index (Phi) is 3.19. The summed E-state index contributed by atoms with van der Waals surface area (Å²) in [6.07, 6.45) is 3.41. The molecule has 4 aromatic rings. The molecule has 0 aliphatic carbocycles. The van der Waals surface area contributed by atoms with E-state index in [1.54, 1.807) is 17.0 Å².